The summed E-state index contributed by atoms with van der Waals surface area (Å²) in [5.74, 6) is -0.380. The quantitative estimate of drug-likeness (QED) is 0.524. The van der Waals surface area contributed by atoms with Gasteiger partial charge in [0.05, 0.1) is 12.8 Å². The first-order valence-corrected chi connectivity index (χ1v) is 8.64. The van der Waals surface area contributed by atoms with Gasteiger partial charge in [0.15, 0.2) is 5.69 Å². The molecule has 1 aromatic heterocycles. The summed E-state index contributed by atoms with van der Waals surface area (Å²) in [5, 5.41) is 9.33. The van der Waals surface area contributed by atoms with Gasteiger partial charge in [-0.3, -0.25) is 9.48 Å². The highest BCUT2D eigenvalue weighted by Gasteiger charge is 2.10. The summed E-state index contributed by atoms with van der Waals surface area (Å²) >= 11 is 12.1. The van der Waals surface area contributed by atoms with E-state index in [1.807, 2.05) is 37.3 Å². The number of hydrazone groups is 1. The molecule has 0 fully saturated rings. The minimum atomic E-state index is -0.380. The van der Waals surface area contributed by atoms with E-state index in [0.717, 1.165) is 16.7 Å². The lowest BCUT2D eigenvalue weighted by atomic mass is 10.2. The predicted molar refractivity (Wildman–Crippen MR) is 104 cm³/mol. The predicted octanol–water partition coefficient (Wildman–Crippen LogP) is 4.31. The van der Waals surface area contributed by atoms with Crippen molar-refractivity contribution < 1.29 is 4.79 Å². The van der Waals surface area contributed by atoms with Crippen LogP contribution in [0.4, 0.5) is 0 Å². The molecule has 0 spiro atoms. The van der Waals surface area contributed by atoms with Gasteiger partial charge < -0.3 is 0 Å². The van der Waals surface area contributed by atoms with Crippen LogP contribution in [-0.4, -0.2) is 21.9 Å². The first kappa shape index (κ1) is 18.2. The zero-order valence-electron chi connectivity index (χ0n) is 14.0. The second kappa shape index (κ2) is 8.17. The second-order valence-electron chi connectivity index (χ2n) is 5.74. The molecule has 1 heterocycles. The molecule has 0 atom stereocenters. The van der Waals surface area contributed by atoms with Gasteiger partial charge in [-0.15, -0.1) is 0 Å². The molecule has 3 rings (SSSR count). The highest BCUT2D eigenvalue weighted by Crippen LogP contribution is 2.21. The van der Waals surface area contributed by atoms with Crippen molar-refractivity contribution in [2.75, 3.05) is 0 Å². The molecule has 0 saturated heterocycles. The summed E-state index contributed by atoms with van der Waals surface area (Å²) in [6, 6.07) is 14.7. The number of aryl methyl sites for hydroxylation is 1. The summed E-state index contributed by atoms with van der Waals surface area (Å²) in [7, 11) is 0. The standard InChI is InChI=1S/C19H16Cl2N4O/c1-13-2-4-14(5-3-13)11-22-23-19(26)18-8-9-25(24-18)12-15-6-7-16(20)10-17(15)21/h2-11H,12H2,1H3,(H,23,26)/b22-11-. The number of carbonyl (C=O) groups excluding carboxylic acids is 1. The third-order valence-corrected chi connectivity index (χ3v) is 4.26. The first-order valence-electron chi connectivity index (χ1n) is 7.89. The Labute approximate surface area is 161 Å². The number of aromatic nitrogens is 2. The Morgan fingerprint density at radius 3 is 2.69 bits per heavy atom. The van der Waals surface area contributed by atoms with Gasteiger partial charge in [0.2, 0.25) is 0 Å². The number of amides is 1. The van der Waals surface area contributed by atoms with Crippen LogP contribution < -0.4 is 5.43 Å². The van der Waals surface area contributed by atoms with Crippen molar-refractivity contribution in [1.82, 2.24) is 15.2 Å². The van der Waals surface area contributed by atoms with Crippen LogP contribution in [0.5, 0.6) is 0 Å². The summed E-state index contributed by atoms with van der Waals surface area (Å²) < 4.78 is 1.63. The minimum Gasteiger partial charge on any atom is -0.267 e. The van der Waals surface area contributed by atoms with Crippen LogP contribution in [0.3, 0.4) is 0 Å². The van der Waals surface area contributed by atoms with Gasteiger partial charge in [-0.05, 0) is 36.2 Å². The highest BCUT2D eigenvalue weighted by molar-refractivity contribution is 6.35. The Balaban J connectivity index is 1.61. The molecule has 7 heteroatoms. The lowest BCUT2D eigenvalue weighted by Crippen LogP contribution is -2.18. The maximum absolute atomic E-state index is 12.1. The van der Waals surface area contributed by atoms with Crippen molar-refractivity contribution in [3.05, 3.63) is 87.2 Å². The maximum Gasteiger partial charge on any atom is 0.291 e. The number of hydrogen-bond acceptors (Lipinski definition) is 3. The lowest BCUT2D eigenvalue weighted by molar-refractivity contribution is 0.0949. The fraction of sp³-hybridized carbons (Fsp3) is 0.105. The van der Waals surface area contributed by atoms with Crippen molar-refractivity contribution in [3.63, 3.8) is 0 Å². The van der Waals surface area contributed by atoms with Gasteiger partial charge in [0, 0.05) is 16.2 Å². The molecule has 26 heavy (non-hydrogen) atoms. The Morgan fingerprint density at radius 2 is 1.96 bits per heavy atom. The van der Waals surface area contributed by atoms with E-state index in [4.69, 9.17) is 23.2 Å². The molecule has 0 unspecified atom stereocenters. The van der Waals surface area contributed by atoms with Crippen molar-refractivity contribution >= 4 is 35.3 Å². The number of nitrogens with one attached hydrogen (secondary N) is 1. The van der Waals surface area contributed by atoms with E-state index in [-0.39, 0.29) is 11.6 Å². The molecule has 0 aliphatic rings. The fourth-order valence-electron chi connectivity index (χ4n) is 2.27. The van der Waals surface area contributed by atoms with Crippen LogP contribution >= 0.6 is 23.2 Å². The maximum atomic E-state index is 12.1. The molecule has 0 saturated carbocycles. The molecule has 5 nitrogen and oxygen atoms in total. The van der Waals surface area contributed by atoms with Gasteiger partial charge in [0.25, 0.3) is 5.91 Å². The number of rotatable bonds is 5. The van der Waals surface area contributed by atoms with Crippen LogP contribution in [0.1, 0.15) is 27.2 Å². The van der Waals surface area contributed by atoms with Crippen LogP contribution in [-0.2, 0) is 6.54 Å². The van der Waals surface area contributed by atoms with Crippen molar-refractivity contribution in [1.29, 1.82) is 0 Å². The zero-order valence-corrected chi connectivity index (χ0v) is 15.5. The Bertz CT molecular complexity index is 948. The van der Waals surface area contributed by atoms with E-state index in [2.05, 4.69) is 15.6 Å². The van der Waals surface area contributed by atoms with E-state index >= 15 is 0 Å². The second-order valence-corrected chi connectivity index (χ2v) is 6.59. The van der Waals surface area contributed by atoms with Gasteiger partial charge >= 0.3 is 0 Å². The molecule has 0 aliphatic heterocycles. The largest absolute Gasteiger partial charge is 0.291 e. The SMILES string of the molecule is Cc1ccc(/C=N\NC(=O)c2ccn(Cc3ccc(Cl)cc3Cl)n2)cc1. The first-order chi connectivity index (χ1) is 12.5. The lowest BCUT2D eigenvalue weighted by Gasteiger charge is -2.05. The molecule has 2 aromatic carbocycles. The summed E-state index contributed by atoms with van der Waals surface area (Å²) in [4.78, 5) is 12.1. The van der Waals surface area contributed by atoms with Crippen LogP contribution in [0, 0.1) is 6.92 Å². The van der Waals surface area contributed by atoms with Gasteiger partial charge in [0.1, 0.15) is 0 Å². The van der Waals surface area contributed by atoms with E-state index in [1.54, 1.807) is 35.3 Å². The van der Waals surface area contributed by atoms with Crippen molar-refractivity contribution in [3.8, 4) is 0 Å². The molecule has 0 aliphatic carbocycles. The third kappa shape index (κ3) is 4.71. The zero-order chi connectivity index (χ0) is 18.5. The number of nitrogens with zero attached hydrogens (tertiary/aromatic N) is 3. The molecular formula is C19H16Cl2N4O. The fourth-order valence-corrected chi connectivity index (χ4v) is 2.74. The number of carbonyl (C=O) groups is 1. The average Bonchev–Trinajstić information content (AvgIpc) is 3.08. The Kier molecular flexibility index (Phi) is 5.71. The monoisotopic (exact) mass is 386 g/mol. The average molecular weight is 387 g/mol. The van der Waals surface area contributed by atoms with Crippen LogP contribution in [0.25, 0.3) is 0 Å². The highest BCUT2D eigenvalue weighted by atomic mass is 35.5. The number of halogens is 2. The summed E-state index contributed by atoms with van der Waals surface area (Å²) in [6.07, 6.45) is 3.30. The smallest absolute Gasteiger partial charge is 0.267 e. The van der Waals surface area contributed by atoms with Gasteiger partial charge in [-0.1, -0.05) is 59.1 Å². The third-order valence-electron chi connectivity index (χ3n) is 3.68. The number of hydrogen-bond donors (Lipinski definition) is 1. The van der Waals surface area contributed by atoms with Gasteiger partial charge in [-0.2, -0.15) is 10.2 Å². The topological polar surface area (TPSA) is 59.3 Å². The van der Waals surface area contributed by atoms with E-state index in [0.29, 0.717) is 16.6 Å². The van der Waals surface area contributed by atoms with E-state index in [9.17, 15) is 4.79 Å². The van der Waals surface area contributed by atoms with Crippen molar-refractivity contribution in [2.24, 2.45) is 5.10 Å². The molecule has 0 bridgehead atoms. The molecule has 132 valence electrons. The van der Waals surface area contributed by atoms with E-state index < -0.39 is 0 Å². The molecule has 0 radical (unpaired) electrons. The Hall–Kier alpha value is -2.63. The van der Waals surface area contributed by atoms with Crippen LogP contribution in [0.15, 0.2) is 59.8 Å². The summed E-state index contributed by atoms with van der Waals surface area (Å²) in [5.41, 5.74) is 5.67. The molecular weight excluding hydrogens is 371 g/mol. The number of benzene rings is 2. The summed E-state index contributed by atoms with van der Waals surface area (Å²) in [6.45, 7) is 2.45. The van der Waals surface area contributed by atoms with Crippen molar-refractivity contribution in [2.45, 2.75) is 13.5 Å². The Morgan fingerprint density at radius 1 is 1.19 bits per heavy atom. The minimum absolute atomic E-state index is 0.274. The van der Waals surface area contributed by atoms with E-state index in [1.165, 1.54) is 0 Å². The molecule has 1 amide bonds. The van der Waals surface area contributed by atoms with Gasteiger partial charge in [-0.25, -0.2) is 5.43 Å². The molecule has 3 aromatic rings. The van der Waals surface area contributed by atoms with Crippen LogP contribution in [0.2, 0.25) is 10.0 Å². The normalized spacial score (nSPS) is 11.0. The molecule has 1 N–H and O–H groups in total.